The Labute approximate surface area is 93.2 Å². The third-order valence-corrected chi connectivity index (χ3v) is 1.96. The molecule has 1 aromatic carbocycles. The van der Waals surface area contributed by atoms with Crippen molar-refractivity contribution in [1.29, 1.82) is 0 Å². The van der Waals surface area contributed by atoms with Crippen LogP contribution in [0.4, 0.5) is 0 Å². The summed E-state index contributed by atoms with van der Waals surface area (Å²) in [4.78, 5) is 22.5. The first-order valence-electron chi connectivity index (χ1n) is 4.72. The van der Waals surface area contributed by atoms with E-state index in [0.29, 0.717) is 5.56 Å². The van der Waals surface area contributed by atoms with Crippen molar-refractivity contribution in [2.75, 3.05) is 6.61 Å². The highest BCUT2D eigenvalue weighted by atomic mass is 16.5. The molecule has 0 bridgehead atoms. The van der Waals surface area contributed by atoms with Crippen LogP contribution in [0.25, 0.3) is 0 Å². The number of carbonyl (C=O) groups excluding carboxylic acids is 1. The Balaban J connectivity index is 2.88. The number of benzene rings is 1. The molecule has 0 aromatic heterocycles. The fourth-order valence-corrected chi connectivity index (χ4v) is 1.25. The predicted molar refractivity (Wildman–Crippen MR) is 58.0 cm³/mol. The lowest BCUT2D eigenvalue weighted by atomic mass is 10.00. The van der Waals surface area contributed by atoms with Crippen molar-refractivity contribution >= 4 is 11.9 Å². The van der Waals surface area contributed by atoms with Gasteiger partial charge in [0.15, 0.2) is 5.92 Å². The first-order valence-corrected chi connectivity index (χ1v) is 4.72. The molecule has 0 fully saturated rings. The molecule has 0 heterocycles. The van der Waals surface area contributed by atoms with Gasteiger partial charge in [-0.15, -0.1) is 0 Å². The summed E-state index contributed by atoms with van der Waals surface area (Å²) in [6.07, 6.45) is 1.39. The Morgan fingerprint density at radius 3 is 2.50 bits per heavy atom. The van der Waals surface area contributed by atoms with E-state index >= 15 is 0 Å². The zero-order valence-electron chi connectivity index (χ0n) is 8.63. The molecular formula is C12H12O4. The molecule has 0 spiro atoms. The molecule has 1 unspecified atom stereocenters. The van der Waals surface area contributed by atoms with E-state index in [-0.39, 0.29) is 6.61 Å². The van der Waals surface area contributed by atoms with Gasteiger partial charge in [-0.1, -0.05) is 43.0 Å². The normalized spacial score (nSPS) is 11.5. The van der Waals surface area contributed by atoms with Crippen LogP contribution in [-0.2, 0) is 14.3 Å². The Morgan fingerprint density at radius 1 is 1.38 bits per heavy atom. The molecule has 16 heavy (non-hydrogen) atoms. The van der Waals surface area contributed by atoms with Crippen molar-refractivity contribution in [2.45, 2.75) is 5.92 Å². The number of carboxylic acids is 1. The molecule has 84 valence electrons. The highest BCUT2D eigenvalue weighted by Crippen LogP contribution is 2.17. The van der Waals surface area contributed by atoms with Gasteiger partial charge in [0.2, 0.25) is 0 Å². The van der Waals surface area contributed by atoms with Gasteiger partial charge in [-0.25, -0.2) is 0 Å². The second kappa shape index (κ2) is 5.70. The molecule has 0 aliphatic carbocycles. The highest BCUT2D eigenvalue weighted by Gasteiger charge is 2.29. The van der Waals surface area contributed by atoms with Crippen molar-refractivity contribution in [3.8, 4) is 0 Å². The molecule has 0 radical (unpaired) electrons. The van der Waals surface area contributed by atoms with Gasteiger partial charge < -0.3 is 9.84 Å². The molecule has 1 rings (SSSR count). The molecule has 1 aromatic rings. The number of carbonyl (C=O) groups is 2. The summed E-state index contributed by atoms with van der Waals surface area (Å²) in [7, 11) is 0. The molecular weight excluding hydrogens is 208 g/mol. The van der Waals surface area contributed by atoms with Gasteiger partial charge in [0.1, 0.15) is 6.61 Å². The molecule has 0 aliphatic heterocycles. The van der Waals surface area contributed by atoms with Crippen molar-refractivity contribution in [1.82, 2.24) is 0 Å². The van der Waals surface area contributed by atoms with Gasteiger partial charge in [0.25, 0.3) is 0 Å². The number of carboxylic acid groups (broad SMARTS) is 1. The van der Waals surface area contributed by atoms with E-state index in [1.54, 1.807) is 30.3 Å². The van der Waals surface area contributed by atoms with Crippen LogP contribution in [-0.4, -0.2) is 23.7 Å². The maximum Gasteiger partial charge on any atom is 0.325 e. The van der Waals surface area contributed by atoms with Crippen LogP contribution in [0, 0.1) is 0 Å². The number of rotatable bonds is 5. The first-order chi connectivity index (χ1) is 7.66. The van der Waals surface area contributed by atoms with Gasteiger partial charge >= 0.3 is 11.9 Å². The van der Waals surface area contributed by atoms with E-state index in [1.165, 1.54) is 6.08 Å². The summed E-state index contributed by atoms with van der Waals surface area (Å²) < 4.78 is 4.73. The maximum absolute atomic E-state index is 11.5. The third kappa shape index (κ3) is 2.95. The maximum atomic E-state index is 11.5. The smallest absolute Gasteiger partial charge is 0.325 e. The summed E-state index contributed by atoms with van der Waals surface area (Å²) in [5, 5.41) is 8.97. The van der Waals surface area contributed by atoms with Crippen LogP contribution >= 0.6 is 0 Å². The first kappa shape index (κ1) is 12.0. The zero-order chi connectivity index (χ0) is 12.0. The predicted octanol–water partition coefficient (Wildman–Crippen LogP) is 1.58. The Hall–Kier alpha value is -2.10. The average molecular weight is 220 g/mol. The van der Waals surface area contributed by atoms with Crippen molar-refractivity contribution in [3.63, 3.8) is 0 Å². The second-order valence-corrected chi connectivity index (χ2v) is 3.10. The van der Waals surface area contributed by atoms with Crippen LogP contribution in [0.3, 0.4) is 0 Å². The molecule has 0 saturated heterocycles. The number of hydrogen-bond donors (Lipinski definition) is 1. The van der Waals surface area contributed by atoms with Gasteiger partial charge in [-0.2, -0.15) is 0 Å². The van der Waals surface area contributed by atoms with Gasteiger partial charge in [-0.05, 0) is 5.56 Å². The monoisotopic (exact) mass is 220 g/mol. The lowest BCUT2D eigenvalue weighted by molar-refractivity contribution is -0.153. The Kier molecular flexibility index (Phi) is 4.27. The fraction of sp³-hybridized carbons (Fsp3) is 0.167. The SMILES string of the molecule is C=CCOC(=O)C(C(=O)O)c1ccccc1. The molecule has 4 heteroatoms. The van der Waals surface area contributed by atoms with Crippen molar-refractivity contribution in [3.05, 3.63) is 48.6 Å². The van der Waals surface area contributed by atoms with E-state index in [4.69, 9.17) is 9.84 Å². The minimum Gasteiger partial charge on any atom is -0.480 e. The molecule has 1 N–H and O–H groups in total. The van der Waals surface area contributed by atoms with E-state index in [0.717, 1.165) is 0 Å². The largest absolute Gasteiger partial charge is 0.480 e. The summed E-state index contributed by atoms with van der Waals surface area (Å²) in [6.45, 7) is 3.39. The molecule has 0 aliphatic rings. The number of esters is 1. The fourth-order valence-electron chi connectivity index (χ4n) is 1.25. The molecule has 4 nitrogen and oxygen atoms in total. The summed E-state index contributed by atoms with van der Waals surface area (Å²) >= 11 is 0. The van der Waals surface area contributed by atoms with Gasteiger partial charge in [-0.3, -0.25) is 9.59 Å². The van der Waals surface area contributed by atoms with E-state index < -0.39 is 17.9 Å². The topological polar surface area (TPSA) is 63.6 Å². The van der Waals surface area contributed by atoms with E-state index in [1.807, 2.05) is 0 Å². The molecule has 1 atom stereocenters. The number of aliphatic carboxylic acids is 1. The highest BCUT2D eigenvalue weighted by molar-refractivity contribution is 5.99. The summed E-state index contributed by atoms with van der Waals surface area (Å²) in [5.74, 6) is -3.28. The summed E-state index contributed by atoms with van der Waals surface area (Å²) in [5.41, 5.74) is 0.407. The Morgan fingerprint density at radius 2 is 2.00 bits per heavy atom. The molecule has 0 saturated carbocycles. The van der Waals surface area contributed by atoms with Crippen molar-refractivity contribution < 1.29 is 19.4 Å². The minimum atomic E-state index is -1.28. The van der Waals surface area contributed by atoms with E-state index in [9.17, 15) is 9.59 Å². The third-order valence-electron chi connectivity index (χ3n) is 1.96. The lowest BCUT2D eigenvalue weighted by Crippen LogP contribution is -2.23. The number of ether oxygens (including phenoxy) is 1. The van der Waals surface area contributed by atoms with E-state index in [2.05, 4.69) is 6.58 Å². The minimum absolute atomic E-state index is 0.00937. The number of hydrogen-bond acceptors (Lipinski definition) is 3. The van der Waals surface area contributed by atoms with Crippen LogP contribution in [0.2, 0.25) is 0 Å². The summed E-state index contributed by atoms with van der Waals surface area (Å²) in [6, 6.07) is 8.25. The van der Waals surface area contributed by atoms with Crippen LogP contribution < -0.4 is 0 Å². The van der Waals surface area contributed by atoms with Crippen LogP contribution in [0.1, 0.15) is 11.5 Å². The quantitative estimate of drug-likeness (QED) is 0.465. The van der Waals surface area contributed by atoms with Crippen molar-refractivity contribution in [2.24, 2.45) is 0 Å². The van der Waals surface area contributed by atoms with Crippen LogP contribution in [0.5, 0.6) is 0 Å². The van der Waals surface area contributed by atoms with Crippen LogP contribution in [0.15, 0.2) is 43.0 Å². The van der Waals surface area contributed by atoms with Gasteiger partial charge in [0, 0.05) is 0 Å². The Bertz CT molecular complexity index is 383. The second-order valence-electron chi connectivity index (χ2n) is 3.10. The molecule has 0 amide bonds. The lowest BCUT2D eigenvalue weighted by Gasteiger charge is -2.11. The van der Waals surface area contributed by atoms with Gasteiger partial charge in [0.05, 0.1) is 0 Å². The average Bonchev–Trinajstić information content (AvgIpc) is 2.27. The zero-order valence-corrected chi connectivity index (χ0v) is 8.63. The standard InChI is InChI=1S/C12H12O4/c1-2-8-16-12(15)10(11(13)14)9-6-4-3-5-7-9/h2-7,10H,1,8H2,(H,13,14).